The lowest BCUT2D eigenvalue weighted by Gasteiger charge is -2.22. The smallest absolute Gasteiger partial charge is 0.406 e. The molecule has 0 radical (unpaired) electrons. The summed E-state index contributed by atoms with van der Waals surface area (Å²) in [6.07, 6.45) is -2.35. The van der Waals surface area contributed by atoms with Crippen molar-refractivity contribution < 1.29 is 22.7 Å². The van der Waals surface area contributed by atoms with E-state index in [4.69, 9.17) is 0 Å². The van der Waals surface area contributed by atoms with Crippen LogP contribution in [0.5, 0.6) is 5.75 Å². The summed E-state index contributed by atoms with van der Waals surface area (Å²) in [5.41, 5.74) is 0.647. The lowest BCUT2D eigenvalue weighted by Crippen LogP contribution is -2.38. The first-order valence-electron chi connectivity index (χ1n) is 7.24. The van der Waals surface area contributed by atoms with Crippen molar-refractivity contribution in [3.05, 3.63) is 29.8 Å². The van der Waals surface area contributed by atoms with E-state index in [-0.39, 0.29) is 30.5 Å². The number of hydrogen-bond acceptors (Lipinski definition) is 3. The van der Waals surface area contributed by atoms with Gasteiger partial charge in [-0.3, -0.25) is 4.79 Å². The van der Waals surface area contributed by atoms with Gasteiger partial charge in [-0.15, -0.1) is 25.6 Å². The average Bonchev–Trinajstić information content (AvgIpc) is 2.47. The first-order chi connectivity index (χ1) is 10.4. The fourth-order valence-corrected chi connectivity index (χ4v) is 2.41. The van der Waals surface area contributed by atoms with Crippen LogP contribution in [-0.4, -0.2) is 31.9 Å². The predicted octanol–water partition coefficient (Wildman–Crippen LogP) is 2.67. The summed E-state index contributed by atoms with van der Waals surface area (Å²) in [7, 11) is 0. The number of carbonyl (C=O) groups is 1. The number of nitrogens with one attached hydrogen (secondary N) is 2. The monoisotopic (exact) mass is 352 g/mol. The summed E-state index contributed by atoms with van der Waals surface area (Å²) >= 11 is 0. The van der Waals surface area contributed by atoms with Gasteiger partial charge in [-0.2, -0.15) is 0 Å². The van der Waals surface area contributed by atoms with E-state index in [0.717, 1.165) is 25.9 Å². The largest absolute Gasteiger partial charge is 0.573 e. The van der Waals surface area contributed by atoms with E-state index in [0.29, 0.717) is 18.0 Å². The summed E-state index contributed by atoms with van der Waals surface area (Å²) in [6.45, 7) is 2.56. The molecule has 0 bridgehead atoms. The molecule has 0 spiro atoms. The van der Waals surface area contributed by atoms with E-state index in [9.17, 15) is 18.0 Å². The van der Waals surface area contributed by atoms with Gasteiger partial charge in [0.25, 0.3) is 0 Å². The van der Waals surface area contributed by atoms with Crippen LogP contribution in [0.3, 0.4) is 0 Å². The van der Waals surface area contributed by atoms with Gasteiger partial charge in [-0.05, 0) is 49.5 Å². The fourth-order valence-electron chi connectivity index (χ4n) is 2.41. The van der Waals surface area contributed by atoms with E-state index in [1.165, 1.54) is 24.3 Å². The van der Waals surface area contributed by atoms with Gasteiger partial charge in [-0.25, -0.2) is 0 Å². The molecule has 130 valence electrons. The highest BCUT2D eigenvalue weighted by molar-refractivity contribution is 5.85. The zero-order valence-corrected chi connectivity index (χ0v) is 13.3. The van der Waals surface area contributed by atoms with E-state index in [1.807, 2.05) is 0 Å². The molecule has 1 aromatic rings. The Morgan fingerprint density at radius 1 is 1.30 bits per heavy atom. The number of carbonyl (C=O) groups excluding carboxylic acids is 1. The lowest BCUT2D eigenvalue weighted by molar-refractivity contribution is -0.274. The first kappa shape index (κ1) is 19.6. The molecule has 2 N–H and O–H groups in total. The van der Waals surface area contributed by atoms with Crippen LogP contribution in [-0.2, 0) is 11.2 Å². The Balaban J connectivity index is 0.00000264. The SMILES string of the molecule is Cl.O=C(Cc1ccc(OC(F)(F)F)cc1)NCC1CCCNC1. The minimum atomic E-state index is -4.70. The van der Waals surface area contributed by atoms with Crippen molar-refractivity contribution in [2.24, 2.45) is 5.92 Å². The molecule has 0 aliphatic carbocycles. The molecule has 23 heavy (non-hydrogen) atoms. The Morgan fingerprint density at radius 2 is 2.00 bits per heavy atom. The van der Waals surface area contributed by atoms with Crippen molar-refractivity contribution in [3.8, 4) is 5.75 Å². The van der Waals surface area contributed by atoms with Gasteiger partial charge in [0.15, 0.2) is 0 Å². The molecule has 4 nitrogen and oxygen atoms in total. The highest BCUT2D eigenvalue weighted by atomic mass is 35.5. The molecule has 0 aromatic heterocycles. The van der Waals surface area contributed by atoms with Gasteiger partial charge in [0.05, 0.1) is 6.42 Å². The maximum atomic E-state index is 12.0. The summed E-state index contributed by atoms with van der Waals surface area (Å²) < 4.78 is 39.9. The standard InChI is InChI=1S/C15H19F3N2O2.ClH/c16-15(17,18)22-13-5-3-11(4-6-13)8-14(21)20-10-12-2-1-7-19-9-12;/h3-6,12,19H,1-2,7-10H2,(H,20,21);1H. The highest BCUT2D eigenvalue weighted by Gasteiger charge is 2.30. The summed E-state index contributed by atoms with van der Waals surface area (Å²) in [5, 5.41) is 6.14. The molecule has 0 saturated carbocycles. The maximum Gasteiger partial charge on any atom is 0.573 e. The summed E-state index contributed by atoms with van der Waals surface area (Å²) in [4.78, 5) is 11.8. The third-order valence-corrected chi connectivity index (χ3v) is 3.51. The van der Waals surface area contributed by atoms with E-state index < -0.39 is 6.36 Å². The average molecular weight is 353 g/mol. The molecule has 1 aliphatic rings. The minimum Gasteiger partial charge on any atom is -0.406 e. The van der Waals surface area contributed by atoms with Gasteiger partial charge in [0.1, 0.15) is 5.75 Å². The number of ether oxygens (including phenoxy) is 1. The van der Waals surface area contributed by atoms with Crippen molar-refractivity contribution in [3.63, 3.8) is 0 Å². The number of rotatable bonds is 5. The molecule has 1 unspecified atom stereocenters. The van der Waals surface area contributed by atoms with Gasteiger partial charge in [-0.1, -0.05) is 12.1 Å². The van der Waals surface area contributed by atoms with Gasteiger partial charge < -0.3 is 15.4 Å². The maximum absolute atomic E-state index is 12.0. The third kappa shape index (κ3) is 7.56. The topological polar surface area (TPSA) is 50.4 Å². The molecule has 1 amide bonds. The van der Waals surface area contributed by atoms with Crippen molar-refractivity contribution in [1.82, 2.24) is 10.6 Å². The number of hydrogen-bond donors (Lipinski definition) is 2. The van der Waals surface area contributed by atoms with E-state index in [1.54, 1.807) is 0 Å². The second-order valence-electron chi connectivity index (χ2n) is 5.38. The number of halogens is 4. The van der Waals surface area contributed by atoms with Crippen molar-refractivity contribution in [2.75, 3.05) is 19.6 Å². The second kappa shape index (κ2) is 8.98. The summed E-state index contributed by atoms with van der Waals surface area (Å²) in [6, 6.07) is 5.34. The molecule has 1 aliphatic heterocycles. The number of piperidine rings is 1. The number of benzene rings is 1. The van der Waals surface area contributed by atoms with Crippen LogP contribution in [0.2, 0.25) is 0 Å². The van der Waals surface area contributed by atoms with Crippen LogP contribution < -0.4 is 15.4 Å². The Labute approximate surface area is 139 Å². The Morgan fingerprint density at radius 3 is 2.57 bits per heavy atom. The van der Waals surface area contributed by atoms with Crippen LogP contribution in [0, 0.1) is 5.92 Å². The van der Waals surface area contributed by atoms with Gasteiger partial charge >= 0.3 is 6.36 Å². The zero-order chi connectivity index (χ0) is 16.0. The normalized spacial score (nSPS) is 18.0. The van der Waals surface area contributed by atoms with Crippen LogP contribution in [0.1, 0.15) is 18.4 Å². The van der Waals surface area contributed by atoms with Crippen LogP contribution in [0.4, 0.5) is 13.2 Å². The van der Waals surface area contributed by atoms with Crippen LogP contribution >= 0.6 is 12.4 Å². The third-order valence-electron chi connectivity index (χ3n) is 3.51. The fraction of sp³-hybridized carbons (Fsp3) is 0.533. The molecule has 1 heterocycles. The molecule has 8 heteroatoms. The molecular formula is C15H20ClF3N2O2. The van der Waals surface area contributed by atoms with Gasteiger partial charge in [0.2, 0.25) is 5.91 Å². The van der Waals surface area contributed by atoms with Crippen LogP contribution in [0.15, 0.2) is 24.3 Å². The van der Waals surface area contributed by atoms with Gasteiger partial charge in [0, 0.05) is 6.54 Å². The van der Waals surface area contributed by atoms with Crippen LogP contribution in [0.25, 0.3) is 0 Å². The van der Waals surface area contributed by atoms with Crippen molar-refractivity contribution >= 4 is 18.3 Å². The number of alkyl halides is 3. The Bertz CT molecular complexity index is 488. The molecular weight excluding hydrogens is 333 g/mol. The summed E-state index contributed by atoms with van der Waals surface area (Å²) in [5.74, 6) is 0.0280. The Kier molecular flexibility index (Phi) is 7.64. The molecule has 1 aromatic carbocycles. The molecule has 1 atom stereocenters. The second-order valence-corrected chi connectivity index (χ2v) is 5.38. The number of amides is 1. The molecule has 1 saturated heterocycles. The zero-order valence-electron chi connectivity index (χ0n) is 12.5. The first-order valence-corrected chi connectivity index (χ1v) is 7.24. The lowest BCUT2D eigenvalue weighted by atomic mass is 10.00. The Hall–Kier alpha value is -1.47. The highest BCUT2D eigenvalue weighted by Crippen LogP contribution is 2.22. The van der Waals surface area contributed by atoms with E-state index >= 15 is 0 Å². The molecule has 1 fully saturated rings. The molecule has 2 rings (SSSR count). The van der Waals surface area contributed by atoms with Crippen molar-refractivity contribution in [1.29, 1.82) is 0 Å². The minimum absolute atomic E-state index is 0. The predicted molar refractivity (Wildman–Crippen MR) is 82.7 cm³/mol. The van der Waals surface area contributed by atoms with E-state index in [2.05, 4.69) is 15.4 Å². The van der Waals surface area contributed by atoms with Crippen molar-refractivity contribution in [2.45, 2.75) is 25.6 Å². The quantitative estimate of drug-likeness (QED) is 0.856.